The number of hydrogen-bond acceptors (Lipinski definition) is 4. The molecule has 0 aliphatic carbocycles. The van der Waals surface area contributed by atoms with Gasteiger partial charge < -0.3 is 15.4 Å². The first-order valence-electron chi connectivity index (χ1n) is 8.43. The molecule has 0 saturated carbocycles. The monoisotopic (exact) mass is 393 g/mol. The summed E-state index contributed by atoms with van der Waals surface area (Å²) in [5.74, 6) is 0.888. The highest BCUT2D eigenvalue weighted by molar-refractivity contribution is 7.90. The Morgan fingerprint density at radius 1 is 1.11 bits per heavy atom. The van der Waals surface area contributed by atoms with E-state index in [1.807, 2.05) is 6.92 Å². The minimum atomic E-state index is -3.19. The summed E-state index contributed by atoms with van der Waals surface area (Å²) in [5.41, 5.74) is 0.931. The summed E-state index contributed by atoms with van der Waals surface area (Å²) in [6.45, 7) is 2.90. The van der Waals surface area contributed by atoms with Crippen molar-refractivity contribution in [1.82, 2.24) is 10.6 Å². The maximum atomic E-state index is 12.9. The quantitative estimate of drug-likeness (QED) is 0.558. The molecule has 27 heavy (non-hydrogen) atoms. The SMILES string of the molecule is CN=C(NCc1ccc(S(C)(=O)=O)cc1)NCC(C)Oc1ccc(F)cc1. The standard InChI is InChI=1S/C19H24FN3O3S/c1-14(26-17-8-6-16(20)7-9-17)12-22-19(21-2)23-13-15-4-10-18(11-5-15)27(3,24)25/h4-11,14H,12-13H2,1-3H3,(H2,21,22,23). The molecule has 1 unspecified atom stereocenters. The largest absolute Gasteiger partial charge is 0.489 e. The van der Waals surface area contributed by atoms with Gasteiger partial charge in [-0.05, 0) is 48.9 Å². The third-order valence-electron chi connectivity index (χ3n) is 3.74. The molecule has 2 aromatic carbocycles. The molecule has 2 N–H and O–H groups in total. The summed E-state index contributed by atoms with van der Waals surface area (Å²) in [4.78, 5) is 4.44. The van der Waals surface area contributed by atoms with Crippen molar-refractivity contribution in [2.24, 2.45) is 4.99 Å². The van der Waals surface area contributed by atoms with Crippen molar-refractivity contribution in [3.05, 3.63) is 59.9 Å². The summed E-state index contributed by atoms with van der Waals surface area (Å²) in [5, 5.41) is 6.31. The van der Waals surface area contributed by atoms with E-state index in [-0.39, 0.29) is 11.9 Å². The van der Waals surface area contributed by atoms with Crippen LogP contribution in [0.4, 0.5) is 4.39 Å². The molecule has 0 spiro atoms. The smallest absolute Gasteiger partial charge is 0.191 e. The van der Waals surface area contributed by atoms with E-state index >= 15 is 0 Å². The number of benzene rings is 2. The van der Waals surface area contributed by atoms with E-state index in [1.54, 1.807) is 43.4 Å². The molecule has 0 aliphatic heterocycles. The van der Waals surface area contributed by atoms with Gasteiger partial charge in [-0.3, -0.25) is 4.99 Å². The number of rotatable bonds is 7. The molecule has 2 rings (SSSR count). The normalized spacial score (nSPS) is 13.1. The lowest BCUT2D eigenvalue weighted by Gasteiger charge is -2.18. The van der Waals surface area contributed by atoms with Crippen LogP contribution in [0.3, 0.4) is 0 Å². The minimum absolute atomic E-state index is 0.150. The Labute approximate surface area is 159 Å². The molecule has 0 amide bonds. The molecule has 0 aromatic heterocycles. The summed E-state index contributed by atoms with van der Waals surface area (Å²) in [6.07, 6.45) is 1.03. The number of nitrogens with one attached hydrogen (secondary N) is 2. The Morgan fingerprint density at radius 3 is 2.30 bits per heavy atom. The summed E-state index contributed by atoms with van der Waals surface area (Å²) in [6, 6.07) is 12.6. The van der Waals surface area contributed by atoms with Crippen molar-refractivity contribution in [3.63, 3.8) is 0 Å². The van der Waals surface area contributed by atoms with E-state index in [4.69, 9.17) is 4.74 Å². The van der Waals surface area contributed by atoms with Crippen LogP contribution in [0.15, 0.2) is 58.4 Å². The molecular weight excluding hydrogens is 369 g/mol. The molecule has 2 aromatic rings. The second-order valence-corrected chi connectivity index (χ2v) is 8.12. The highest BCUT2D eigenvalue weighted by Gasteiger charge is 2.08. The Hall–Kier alpha value is -2.61. The van der Waals surface area contributed by atoms with Gasteiger partial charge in [0.05, 0.1) is 11.4 Å². The fourth-order valence-electron chi connectivity index (χ4n) is 2.29. The molecule has 0 bridgehead atoms. The van der Waals surface area contributed by atoms with Crippen molar-refractivity contribution in [2.45, 2.75) is 24.5 Å². The first-order valence-corrected chi connectivity index (χ1v) is 10.3. The fourth-order valence-corrected chi connectivity index (χ4v) is 2.92. The van der Waals surface area contributed by atoms with Gasteiger partial charge in [0.1, 0.15) is 17.7 Å². The van der Waals surface area contributed by atoms with Crippen molar-refractivity contribution in [1.29, 1.82) is 0 Å². The van der Waals surface area contributed by atoms with Crippen LogP contribution in [-0.2, 0) is 16.4 Å². The molecular formula is C19H24FN3O3S. The fraction of sp³-hybridized carbons (Fsp3) is 0.316. The second-order valence-electron chi connectivity index (χ2n) is 6.11. The third-order valence-corrected chi connectivity index (χ3v) is 4.87. The van der Waals surface area contributed by atoms with E-state index in [0.29, 0.717) is 29.7 Å². The minimum Gasteiger partial charge on any atom is -0.489 e. The number of sulfone groups is 1. The van der Waals surface area contributed by atoms with Crippen LogP contribution < -0.4 is 15.4 Å². The summed E-state index contributed by atoms with van der Waals surface area (Å²) >= 11 is 0. The second kappa shape index (κ2) is 9.36. The number of guanidine groups is 1. The highest BCUT2D eigenvalue weighted by atomic mass is 32.2. The van der Waals surface area contributed by atoms with Gasteiger partial charge in [-0.1, -0.05) is 12.1 Å². The molecule has 1 atom stereocenters. The molecule has 0 aliphatic rings. The highest BCUT2D eigenvalue weighted by Crippen LogP contribution is 2.13. The van der Waals surface area contributed by atoms with E-state index < -0.39 is 9.84 Å². The zero-order valence-electron chi connectivity index (χ0n) is 15.6. The predicted octanol–water partition coefficient (Wildman–Crippen LogP) is 2.36. The average molecular weight is 393 g/mol. The van der Waals surface area contributed by atoms with Gasteiger partial charge in [-0.25, -0.2) is 12.8 Å². The van der Waals surface area contributed by atoms with Gasteiger partial charge in [0.25, 0.3) is 0 Å². The van der Waals surface area contributed by atoms with Crippen LogP contribution in [0.25, 0.3) is 0 Å². The molecule has 0 radical (unpaired) electrons. The van der Waals surface area contributed by atoms with E-state index in [0.717, 1.165) is 5.56 Å². The predicted molar refractivity (Wildman–Crippen MR) is 104 cm³/mol. The molecule has 8 heteroatoms. The Morgan fingerprint density at radius 2 is 1.74 bits per heavy atom. The van der Waals surface area contributed by atoms with Crippen LogP contribution in [0.1, 0.15) is 12.5 Å². The van der Waals surface area contributed by atoms with Crippen molar-refractivity contribution in [2.75, 3.05) is 19.8 Å². The van der Waals surface area contributed by atoms with Gasteiger partial charge in [-0.15, -0.1) is 0 Å². The first-order chi connectivity index (χ1) is 12.8. The zero-order valence-corrected chi connectivity index (χ0v) is 16.4. The number of hydrogen-bond donors (Lipinski definition) is 2. The van der Waals surface area contributed by atoms with Crippen LogP contribution in [0, 0.1) is 5.82 Å². The number of halogens is 1. The van der Waals surface area contributed by atoms with Crippen molar-refractivity contribution in [3.8, 4) is 5.75 Å². The third kappa shape index (κ3) is 6.90. The molecule has 0 fully saturated rings. The van der Waals surface area contributed by atoms with Crippen molar-refractivity contribution < 1.29 is 17.5 Å². The zero-order chi connectivity index (χ0) is 19.9. The lowest BCUT2D eigenvalue weighted by Crippen LogP contribution is -2.41. The maximum Gasteiger partial charge on any atom is 0.191 e. The molecule has 0 saturated heterocycles. The van der Waals surface area contributed by atoms with Crippen LogP contribution >= 0.6 is 0 Å². The van der Waals surface area contributed by atoms with Crippen LogP contribution in [-0.4, -0.2) is 40.3 Å². The Bertz CT molecular complexity index is 866. The number of ether oxygens (including phenoxy) is 1. The summed E-state index contributed by atoms with van der Waals surface area (Å²) in [7, 11) is -1.53. The van der Waals surface area contributed by atoms with Crippen LogP contribution in [0.2, 0.25) is 0 Å². The van der Waals surface area contributed by atoms with Gasteiger partial charge in [0.2, 0.25) is 0 Å². The molecule has 6 nitrogen and oxygen atoms in total. The van der Waals surface area contributed by atoms with E-state index in [9.17, 15) is 12.8 Å². The topological polar surface area (TPSA) is 79.8 Å². The lowest BCUT2D eigenvalue weighted by molar-refractivity contribution is 0.223. The van der Waals surface area contributed by atoms with Crippen LogP contribution in [0.5, 0.6) is 5.75 Å². The number of aliphatic imine (C=N–C) groups is 1. The average Bonchev–Trinajstić information content (AvgIpc) is 2.63. The first kappa shape index (κ1) is 20.7. The maximum absolute atomic E-state index is 12.9. The Balaban J connectivity index is 1.80. The molecule has 0 heterocycles. The van der Waals surface area contributed by atoms with Gasteiger partial charge >= 0.3 is 0 Å². The Kier molecular flexibility index (Phi) is 7.18. The van der Waals surface area contributed by atoms with Gasteiger partial charge in [-0.2, -0.15) is 0 Å². The van der Waals surface area contributed by atoms with E-state index in [2.05, 4.69) is 15.6 Å². The number of nitrogens with zero attached hydrogens (tertiary/aromatic N) is 1. The summed E-state index contributed by atoms with van der Waals surface area (Å²) < 4.78 is 41.6. The van der Waals surface area contributed by atoms with E-state index in [1.165, 1.54) is 18.4 Å². The lowest BCUT2D eigenvalue weighted by atomic mass is 10.2. The van der Waals surface area contributed by atoms with Gasteiger partial charge in [0.15, 0.2) is 15.8 Å². The van der Waals surface area contributed by atoms with Crippen molar-refractivity contribution >= 4 is 15.8 Å². The van der Waals surface area contributed by atoms with Gasteiger partial charge in [0, 0.05) is 19.8 Å². The molecule has 146 valence electrons.